The van der Waals surface area contributed by atoms with Crippen LogP contribution in [0.4, 0.5) is 0 Å². The van der Waals surface area contributed by atoms with Crippen LogP contribution in [0.2, 0.25) is 0 Å². The zero-order valence-electron chi connectivity index (χ0n) is 13.9. The third-order valence-corrected chi connectivity index (χ3v) is 3.74. The Hall–Kier alpha value is -3.28. The van der Waals surface area contributed by atoms with Gasteiger partial charge in [0.25, 0.3) is 0 Å². The average molecular weight is 336 g/mol. The molecule has 0 spiro atoms. The number of carbonyl (C=O) groups excluding carboxylic acids is 3. The predicted octanol–water partition coefficient (Wildman–Crippen LogP) is 2.94. The normalized spacial score (nSPS) is 10.6. The maximum Gasteiger partial charge on any atom is 0.359 e. The van der Waals surface area contributed by atoms with Crippen molar-refractivity contribution in [2.75, 3.05) is 6.61 Å². The molecule has 3 aromatic rings. The average Bonchev–Trinajstić information content (AvgIpc) is 3.00. The number of benzene rings is 1. The first-order valence-corrected chi connectivity index (χ1v) is 7.82. The quantitative estimate of drug-likeness (QED) is 0.529. The summed E-state index contributed by atoms with van der Waals surface area (Å²) < 4.78 is 6.50. The van der Waals surface area contributed by atoms with Crippen molar-refractivity contribution in [1.29, 1.82) is 0 Å². The molecule has 0 amide bonds. The number of hydrogen-bond acceptors (Lipinski definition) is 5. The molecule has 0 unspecified atom stereocenters. The molecule has 6 heteroatoms. The van der Waals surface area contributed by atoms with Gasteiger partial charge in [-0.25, -0.2) is 9.78 Å². The molecule has 126 valence electrons. The Bertz CT molecular complexity index is 974. The number of esters is 1. The number of fused-ring (bicyclic) bond motifs is 1. The Labute approximate surface area is 144 Å². The second-order valence-corrected chi connectivity index (χ2v) is 5.43. The van der Waals surface area contributed by atoms with Crippen molar-refractivity contribution in [3.8, 4) is 0 Å². The summed E-state index contributed by atoms with van der Waals surface area (Å²) in [7, 11) is 0. The van der Waals surface area contributed by atoms with E-state index in [0.29, 0.717) is 16.8 Å². The van der Waals surface area contributed by atoms with E-state index in [1.807, 2.05) is 0 Å². The van der Waals surface area contributed by atoms with Crippen molar-refractivity contribution in [2.45, 2.75) is 13.8 Å². The minimum absolute atomic E-state index is 0.0589. The van der Waals surface area contributed by atoms with Gasteiger partial charge in [-0.3, -0.25) is 14.0 Å². The minimum atomic E-state index is -0.671. The lowest BCUT2D eigenvalue weighted by molar-refractivity contribution is 0.0517. The van der Waals surface area contributed by atoms with Gasteiger partial charge in [0.05, 0.1) is 6.61 Å². The van der Waals surface area contributed by atoms with Gasteiger partial charge in [-0.15, -0.1) is 0 Å². The van der Waals surface area contributed by atoms with Gasteiger partial charge in [0.15, 0.2) is 11.5 Å². The fourth-order valence-corrected chi connectivity index (χ4v) is 2.54. The van der Waals surface area contributed by atoms with Crippen LogP contribution in [0.1, 0.15) is 50.7 Å². The summed E-state index contributed by atoms with van der Waals surface area (Å²) in [4.78, 5) is 41.2. The van der Waals surface area contributed by atoms with Crippen molar-refractivity contribution in [1.82, 2.24) is 9.38 Å². The van der Waals surface area contributed by atoms with Crippen molar-refractivity contribution in [3.05, 3.63) is 71.2 Å². The maximum absolute atomic E-state index is 13.0. The van der Waals surface area contributed by atoms with Crippen LogP contribution in [0.15, 0.2) is 48.7 Å². The van der Waals surface area contributed by atoms with E-state index in [1.165, 1.54) is 17.5 Å². The molecule has 2 aromatic heterocycles. The molecular formula is C19H16N2O4. The monoisotopic (exact) mass is 336 g/mol. The van der Waals surface area contributed by atoms with Crippen molar-refractivity contribution in [3.63, 3.8) is 0 Å². The van der Waals surface area contributed by atoms with Gasteiger partial charge < -0.3 is 4.74 Å². The topological polar surface area (TPSA) is 77.7 Å². The number of aromatic nitrogens is 2. The summed E-state index contributed by atoms with van der Waals surface area (Å²) >= 11 is 0. The highest BCUT2D eigenvalue weighted by molar-refractivity contribution is 6.13. The lowest BCUT2D eigenvalue weighted by atomic mass is 10.1. The molecule has 3 rings (SSSR count). The van der Waals surface area contributed by atoms with Crippen LogP contribution in [-0.4, -0.2) is 33.5 Å². The van der Waals surface area contributed by atoms with Gasteiger partial charge in [-0.2, -0.15) is 0 Å². The first-order valence-electron chi connectivity index (χ1n) is 7.82. The molecule has 0 saturated heterocycles. The van der Waals surface area contributed by atoms with Crippen LogP contribution in [0, 0.1) is 0 Å². The van der Waals surface area contributed by atoms with Crippen molar-refractivity contribution < 1.29 is 19.1 Å². The number of hydrogen-bond donors (Lipinski definition) is 0. The standard InChI is InChI=1S/C19H16N2O4/c1-3-25-19(24)16-17(18(23)13-7-5-4-6-8-13)21-11-14(12(2)22)9-10-15(21)20-16/h4-11H,3H2,1-2H3. The molecule has 0 atom stereocenters. The highest BCUT2D eigenvalue weighted by atomic mass is 16.5. The summed E-state index contributed by atoms with van der Waals surface area (Å²) in [6.07, 6.45) is 1.52. The van der Waals surface area contributed by atoms with Crippen LogP contribution >= 0.6 is 0 Å². The molecule has 0 radical (unpaired) electrons. The smallest absolute Gasteiger partial charge is 0.359 e. The lowest BCUT2D eigenvalue weighted by Gasteiger charge is -2.05. The number of nitrogens with zero attached hydrogens (tertiary/aromatic N) is 2. The van der Waals surface area contributed by atoms with Crippen molar-refractivity contribution >= 4 is 23.2 Å². The molecule has 6 nitrogen and oxygen atoms in total. The van der Waals surface area contributed by atoms with E-state index in [4.69, 9.17) is 4.74 Å². The first kappa shape index (κ1) is 16.6. The molecule has 2 heterocycles. The Kier molecular flexibility index (Phi) is 4.43. The van der Waals surface area contributed by atoms with Gasteiger partial charge in [-0.1, -0.05) is 30.3 Å². The number of ether oxygens (including phenoxy) is 1. The third kappa shape index (κ3) is 3.06. The summed E-state index contributed by atoms with van der Waals surface area (Å²) in [6, 6.07) is 11.8. The predicted molar refractivity (Wildman–Crippen MR) is 91.0 cm³/mol. The van der Waals surface area contributed by atoms with Crippen molar-refractivity contribution in [2.24, 2.45) is 0 Å². The van der Waals surface area contributed by atoms with E-state index in [1.54, 1.807) is 49.4 Å². The number of pyridine rings is 1. The molecule has 0 bridgehead atoms. The molecule has 0 fully saturated rings. The van der Waals surface area contributed by atoms with Crippen LogP contribution in [0.3, 0.4) is 0 Å². The lowest BCUT2D eigenvalue weighted by Crippen LogP contribution is -2.14. The largest absolute Gasteiger partial charge is 0.461 e. The first-order chi connectivity index (χ1) is 12.0. The molecule has 0 aliphatic heterocycles. The van der Waals surface area contributed by atoms with E-state index in [-0.39, 0.29) is 29.6 Å². The summed E-state index contributed by atoms with van der Waals surface area (Å²) in [5, 5.41) is 0. The van der Waals surface area contributed by atoms with E-state index in [0.717, 1.165) is 0 Å². The Morgan fingerprint density at radius 2 is 1.76 bits per heavy atom. The van der Waals surface area contributed by atoms with Crippen LogP contribution in [-0.2, 0) is 4.74 Å². The number of Topliss-reactive ketones (excluding diaryl/α,β-unsaturated/α-hetero) is 1. The fraction of sp³-hybridized carbons (Fsp3) is 0.158. The molecule has 25 heavy (non-hydrogen) atoms. The fourth-order valence-electron chi connectivity index (χ4n) is 2.54. The van der Waals surface area contributed by atoms with Gasteiger partial charge in [-0.05, 0) is 26.0 Å². The van der Waals surface area contributed by atoms with E-state index >= 15 is 0 Å². The zero-order chi connectivity index (χ0) is 18.0. The number of carbonyl (C=O) groups is 3. The third-order valence-electron chi connectivity index (χ3n) is 3.74. The van der Waals surface area contributed by atoms with Crippen LogP contribution in [0.25, 0.3) is 5.65 Å². The Morgan fingerprint density at radius 3 is 2.40 bits per heavy atom. The molecule has 0 saturated carbocycles. The Morgan fingerprint density at radius 1 is 1.04 bits per heavy atom. The number of imidazole rings is 1. The van der Waals surface area contributed by atoms with Crippen LogP contribution in [0.5, 0.6) is 0 Å². The SMILES string of the molecule is CCOC(=O)c1nc2ccc(C(C)=O)cn2c1C(=O)c1ccccc1. The minimum Gasteiger partial charge on any atom is -0.461 e. The summed E-state index contributed by atoms with van der Waals surface area (Å²) in [5.74, 6) is -1.18. The maximum atomic E-state index is 13.0. The molecule has 0 aliphatic rings. The van der Waals surface area contributed by atoms with Gasteiger partial charge >= 0.3 is 5.97 Å². The number of rotatable bonds is 5. The zero-order valence-corrected chi connectivity index (χ0v) is 13.9. The number of ketones is 2. The summed E-state index contributed by atoms with van der Waals surface area (Å²) in [6.45, 7) is 3.29. The van der Waals surface area contributed by atoms with Gasteiger partial charge in [0, 0.05) is 17.3 Å². The second kappa shape index (κ2) is 6.68. The van der Waals surface area contributed by atoms with Gasteiger partial charge in [0.1, 0.15) is 11.3 Å². The molecule has 0 N–H and O–H groups in total. The van der Waals surface area contributed by atoms with E-state index in [2.05, 4.69) is 4.98 Å². The molecular weight excluding hydrogens is 320 g/mol. The summed E-state index contributed by atoms with van der Waals surface area (Å²) in [5.41, 5.74) is 1.26. The molecule has 1 aromatic carbocycles. The second-order valence-electron chi connectivity index (χ2n) is 5.43. The Balaban J connectivity index is 2.26. The highest BCUT2D eigenvalue weighted by Crippen LogP contribution is 2.19. The highest BCUT2D eigenvalue weighted by Gasteiger charge is 2.26. The van der Waals surface area contributed by atoms with Gasteiger partial charge in [0.2, 0.25) is 5.78 Å². The van der Waals surface area contributed by atoms with E-state index in [9.17, 15) is 14.4 Å². The van der Waals surface area contributed by atoms with E-state index < -0.39 is 5.97 Å². The van der Waals surface area contributed by atoms with Crippen LogP contribution < -0.4 is 0 Å². The molecule has 0 aliphatic carbocycles.